The molecule has 1 heterocycles. The first-order chi connectivity index (χ1) is 13.7. The van der Waals surface area contributed by atoms with E-state index in [1.165, 1.54) is 11.8 Å². The Bertz CT molecular complexity index is 815. The number of nitrogens with one attached hydrogen (secondary N) is 1. The molecule has 6 nitrogen and oxygen atoms in total. The van der Waals surface area contributed by atoms with Gasteiger partial charge >= 0.3 is 0 Å². The van der Waals surface area contributed by atoms with Crippen LogP contribution in [-0.4, -0.2) is 31.5 Å². The third kappa shape index (κ3) is 6.64. The number of para-hydroxylation sites is 1. The van der Waals surface area contributed by atoms with E-state index in [9.17, 15) is 4.79 Å². The number of rotatable bonds is 9. The molecule has 1 unspecified atom stereocenters. The Morgan fingerprint density at radius 2 is 1.90 bits per heavy atom. The van der Waals surface area contributed by atoms with Crippen molar-refractivity contribution in [2.45, 2.75) is 83.0 Å². The molecule has 1 atom stereocenters. The summed E-state index contributed by atoms with van der Waals surface area (Å²) in [5, 5.41) is 12.7. The Hall–Kier alpha value is -1.73. The standard InChI is InChI=1S/C21H31ClN4O2S/c1-7-15(8-2)26-18(13-28-17-12-10-9-11-16(17)22)24-25-20(26)29-14(3)19(27)23-21(4,5)6/h9-12,14-15H,7-8,13H2,1-6H3,(H,23,27). The fourth-order valence-corrected chi connectivity index (χ4v) is 4.02. The molecule has 1 aromatic carbocycles. The van der Waals surface area contributed by atoms with E-state index in [1.807, 2.05) is 45.9 Å². The number of amides is 1. The van der Waals surface area contributed by atoms with Crippen LogP contribution in [0.15, 0.2) is 29.4 Å². The van der Waals surface area contributed by atoms with Gasteiger partial charge in [0.15, 0.2) is 11.0 Å². The van der Waals surface area contributed by atoms with Gasteiger partial charge in [-0.2, -0.15) is 0 Å². The monoisotopic (exact) mass is 438 g/mol. The van der Waals surface area contributed by atoms with Gasteiger partial charge in [-0.25, -0.2) is 0 Å². The molecule has 0 saturated heterocycles. The molecule has 1 amide bonds. The van der Waals surface area contributed by atoms with Crippen molar-refractivity contribution >= 4 is 29.3 Å². The number of aromatic nitrogens is 3. The molecule has 0 aliphatic carbocycles. The third-order valence-electron chi connectivity index (χ3n) is 4.39. The number of benzene rings is 1. The van der Waals surface area contributed by atoms with E-state index in [4.69, 9.17) is 16.3 Å². The largest absolute Gasteiger partial charge is 0.484 e. The van der Waals surface area contributed by atoms with Crippen molar-refractivity contribution in [1.29, 1.82) is 0 Å². The highest BCUT2D eigenvalue weighted by Crippen LogP contribution is 2.30. The van der Waals surface area contributed by atoms with Crippen molar-refractivity contribution in [2.24, 2.45) is 0 Å². The van der Waals surface area contributed by atoms with Crippen LogP contribution in [0.4, 0.5) is 0 Å². The molecule has 0 aliphatic rings. The second kappa shape index (κ2) is 10.3. The Morgan fingerprint density at radius 3 is 2.48 bits per heavy atom. The zero-order valence-electron chi connectivity index (χ0n) is 18.0. The van der Waals surface area contributed by atoms with Gasteiger partial charge in [0.25, 0.3) is 0 Å². The molecule has 2 rings (SSSR count). The van der Waals surface area contributed by atoms with Gasteiger partial charge in [-0.3, -0.25) is 4.79 Å². The summed E-state index contributed by atoms with van der Waals surface area (Å²) in [5.41, 5.74) is -0.275. The lowest BCUT2D eigenvalue weighted by Crippen LogP contribution is -2.44. The van der Waals surface area contributed by atoms with E-state index in [2.05, 4.69) is 33.9 Å². The summed E-state index contributed by atoms with van der Waals surface area (Å²) in [4.78, 5) is 12.5. The van der Waals surface area contributed by atoms with E-state index < -0.39 is 0 Å². The number of thioether (sulfide) groups is 1. The van der Waals surface area contributed by atoms with Crippen LogP contribution in [0.25, 0.3) is 0 Å². The molecule has 0 fully saturated rings. The Balaban J connectivity index is 2.22. The highest BCUT2D eigenvalue weighted by molar-refractivity contribution is 8.00. The summed E-state index contributed by atoms with van der Waals surface area (Å²) in [6, 6.07) is 7.59. The van der Waals surface area contributed by atoms with Gasteiger partial charge in [0.05, 0.1) is 10.3 Å². The van der Waals surface area contributed by atoms with Gasteiger partial charge in [0.2, 0.25) is 5.91 Å². The van der Waals surface area contributed by atoms with Crippen molar-refractivity contribution < 1.29 is 9.53 Å². The molecule has 0 bridgehead atoms. The maximum Gasteiger partial charge on any atom is 0.233 e. The zero-order valence-corrected chi connectivity index (χ0v) is 19.6. The number of ether oxygens (including phenoxy) is 1. The molecule has 1 N–H and O–H groups in total. The molecule has 2 aromatic rings. The van der Waals surface area contributed by atoms with Crippen LogP contribution in [-0.2, 0) is 11.4 Å². The third-order valence-corrected chi connectivity index (χ3v) is 5.75. The quantitative estimate of drug-likeness (QED) is 0.540. The molecule has 29 heavy (non-hydrogen) atoms. The fraction of sp³-hybridized carbons (Fsp3) is 0.571. The molecule has 8 heteroatoms. The Morgan fingerprint density at radius 1 is 1.24 bits per heavy atom. The number of hydrogen-bond donors (Lipinski definition) is 1. The minimum Gasteiger partial charge on any atom is -0.484 e. The molecule has 0 radical (unpaired) electrons. The predicted octanol–water partition coefficient (Wildman–Crippen LogP) is 5.27. The Labute approximate surface area is 182 Å². The van der Waals surface area contributed by atoms with Crippen molar-refractivity contribution in [1.82, 2.24) is 20.1 Å². The molecular formula is C21H31ClN4O2S. The summed E-state index contributed by atoms with van der Waals surface area (Å²) in [6.45, 7) is 12.3. The van der Waals surface area contributed by atoms with E-state index in [0.717, 1.165) is 23.8 Å². The lowest BCUT2D eigenvalue weighted by molar-refractivity contribution is -0.121. The summed E-state index contributed by atoms with van der Waals surface area (Å²) >= 11 is 7.61. The van der Waals surface area contributed by atoms with Gasteiger partial charge in [-0.15, -0.1) is 10.2 Å². The second-order valence-corrected chi connectivity index (χ2v) is 9.67. The number of hydrogen-bond acceptors (Lipinski definition) is 5. The first kappa shape index (κ1) is 23.5. The molecule has 1 aromatic heterocycles. The summed E-state index contributed by atoms with van der Waals surface area (Å²) < 4.78 is 7.99. The summed E-state index contributed by atoms with van der Waals surface area (Å²) in [6.07, 6.45) is 1.87. The predicted molar refractivity (Wildman–Crippen MR) is 119 cm³/mol. The van der Waals surface area contributed by atoms with E-state index in [0.29, 0.717) is 10.8 Å². The van der Waals surface area contributed by atoms with Gasteiger partial charge in [0, 0.05) is 11.6 Å². The molecule has 0 aliphatic heterocycles. The maximum absolute atomic E-state index is 12.5. The number of carbonyl (C=O) groups is 1. The highest BCUT2D eigenvalue weighted by Gasteiger charge is 2.25. The minimum absolute atomic E-state index is 0.0181. The number of carbonyl (C=O) groups excluding carboxylic acids is 1. The van der Waals surface area contributed by atoms with Crippen LogP contribution in [0.3, 0.4) is 0 Å². The average Bonchev–Trinajstić information content (AvgIpc) is 3.03. The molecule has 160 valence electrons. The SMILES string of the molecule is CCC(CC)n1c(COc2ccccc2Cl)nnc1SC(C)C(=O)NC(C)(C)C. The van der Waals surface area contributed by atoms with E-state index >= 15 is 0 Å². The first-order valence-electron chi connectivity index (χ1n) is 9.96. The van der Waals surface area contributed by atoms with Gasteiger partial charge < -0.3 is 14.6 Å². The summed E-state index contributed by atoms with van der Waals surface area (Å²) in [7, 11) is 0. The maximum atomic E-state index is 12.5. The highest BCUT2D eigenvalue weighted by atomic mass is 35.5. The van der Waals surface area contributed by atoms with Crippen LogP contribution in [0, 0.1) is 0 Å². The molecular weight excluding hydrogens is 408 g/mol. The first-order valence-corrected chi connectivity index (χ1v) is 11.2. The normalized spacial score (nSPS) is 12.8. The fourth-order valence-electron chi connectivity index (χ4n) is 2.89. The van der Waals surface area contributed by atoms with Crippen LogP contribution >= 0.6 is 23.4 Å². The van der Waals surface area contributed by atoms with E-state index in [-0.39, 0.29) is 29.3 Å². The minimum atomic E-state index is -0.288. The van der Waals surface area contributed by atoms with Crippen molar-refractivity contribution in [3.63, 3.8) is 0 Å². The van der Waals surface area contributed by atoms with Crippen molar-refractivity contribution in [2.75, 3.05) is 0 Å². The van der Waals surface area contributed by atoms with Crippen LogP contribution in [0.1, 0.15) is 66.3 Å². The van der Waals surface area contributed by atoms with Crippen LogP contribution in [0.5, 0.6) is 5.75 Å². The smallest absolute Gasteiger partial charge is 0.233 e. The molecule has 0 saturated carbocycles. The second-order valence-electron chi connectivity index (χ2n) is 7.96. The van der Waals surface area contributed by atoms with Gasteiger partial charge in [0.1, 0.15) is 12.4 Å². The van der Waals surface area contributed by atoms with Gasteiger partial charge in [-0.05, 0) is 52.7 Å². The summed E-state index contributed by atoms with van der Waals surface area (Å²) in [5.74, 6) is 1.32. The Kier molecular flexibility index (Phi) is 8.40. The molecule has 0 spiro atoms. The van der Waals surface area contributed by atoms with Gasteiger partial charge in [-0.1, -0.05) is 49.3 Å². The lowest BCUT2D eigenvalue weighted by atomic mass is 10.1. The lowest BCUT2D eigenvalue weighted by Gasteiger charge is -2.24. The van der Waals surface area contributed by atoms with Crippen LogP contribution < -0.4 is 10.1 Å². The van der Waals surface area contributed by atoms with Crippen LogP contribution in [0.2, 0.25) is 5.02 Å². The van der Waals surface area contributed by atoms with E-state index in [1.54, 1.807) is 6.07 Å². The van der Waals surface area contributed by atoms with Crippen molar-refractivity contribution in [3.8, 4) is 5.75 Å². The average molecular weight is 439 g/mol. The zero-order chi connectivity index (χ0) is 21.6. The topological polar surface area (TPSA) is 69.0 Å². The number of halogens is 1. The van der Waals surface area contributed by atoms with Crippen molar-refractivity contribution in [3.05, 3.63) is 35.1 Å². The number of nitrogens with zero attached hydrogens (tertiary/aromatic N) is 3.